The summed E-state index contributed by atoms with van der Waals surface area (Å²) in [6.07, 6.45) is 0. The van der Waals surface area contributed by atoms with Crippen molar-refractivity contribution in [2.45, 2.75) is 11.4 Å². The standard InChI is InChI=1S/C18H19ClN2O6S/c1-21(26-2)28(24,25)16-5-3-4-14(10-16)18(23)27-12-17(22)20-11-13-6-8-15(19)9-7-13/h3-10H,11-12H2,1-2H3,(H,20,22). The molecule has 10 heteroatoms. The van der Waals surface area contributed by atoms with Crippen LogP contribution in [0, 0.1) is 0 Å². The second-order valence-electron chi connectivity index (χ2n) is 5.60. The Bertz CT molecular complexity index is 947. The molecule has 2 aromatic carbocycles. The number of carbonyl (C=O) groups is 2. The fourth-order valence-electron chi connectivity index (χ4n) is 2.10. The summed E-state index contributed by atoms with van der Waals surface area (Å²) >= 11 is 5.79. The summed E-state index contributed by atoms with van der Waals surface area (Å²) in [5, 5.41) is 3.19. The molecule has 2 rings (SSSR count). The maximum absolute atomic E-state index is 12.2. The molecule has 0 aliphatic rings. The highest BCUT2D eigenvalue weighted by molar-refractivity contribution is 7.89. The number of nitrogens with zero attached hydrogens (tertiary/aromatic N) is 1. The highest BCUT2D eigenvalue weighted by Crippen LogP contribution is 2.16. The molecule has 0 radical (unpaired) electrons. The highest BCUT2D eigenvalue weighted by Gasteiger charge is 2.22. The number of ether oxygens (including phenoxy) is 1. The van der Waals surface area contributed by atoms with Gasteiger partial charge in [-0.15, -0.1) is 0 Å². The van der Waals surface area contributed by atoms with Crippen molar-refractivity contribution in [1.82, 2.24) is 9.79 Å². The SMILES string of the molecule is CON(C)S(=O)(=O)c1cccc(C(=O)OCC(=O)NCc2ccc(Cl)cc2)c1. The van der Waals surface area contributed by atoms with Gasteiger partial charge in [-0.05, 0) is 35.9 Å². The van der Waals surface area contributed by atoms with E-state index >= 15 is 0 Å². The van der Waals surface area contributed by atoms with Gasteiger partial charge in [0.25, 0.3) is 15.9 Å². The van der Waals surface area contributed by atoms with Crippen LogP contribution in [0.15, 0.2) is 53.4 Å². The summed E-state index contributed by atoms with van der Waals surface area (Å²) in [7, 11) is -1.47. The molecule has 0 aromatic heterocycles. The predicted molar refractivity (Wildman–Crippen MR) is 102 cm³/mol. The van der Waals surface area contributed by atoms with E-state index in [1.165, 1.54) is 32.4 Å². The molecule has 0 aliphatic heterocycles. The van der Waals surface area contributed by atoms with E-state index in [1.54, 1.807) is 24.3 Å². The Morgan fingerprint density at radius 2 is 1.82 bits per heavy atom. The number of hydrogen-bond donors (Lipinski definition) is 1. The zero-order valence-corrected chi connectivity index (χ0v) is 16.8. The summed E-state index contributed by atoms with van der Waals surface area (Å²) < 4.78 is 30.1. The van der Waals surface area contributed by atoms with Crippen molar-refractivity contribution < 1.29 is 27.6 Å². The predicted octanol–water partition coefficient (Wildman–Crippen LogP) is 2.00. The van der Waals surface area contributed by atoms with Crippen LogP contribution < -0.4 is 5.32 Å². The number of amides is 1. The average Bonchev–Trinajstić information content (AvgIpc) is 2.70. The minimum Gasteiger partial charge on any atom is -0.452 e. The zero-order chi connectivity index (χ0) is 20.7. The van der Waals surface area contributed by atoms with E-state index in [0.29, 0.717) is 9.49 Å². The number of sulfonamides is 1. The number of benzene rings is 2. The Balaban J connectivity index is 1.93. The van der Waals surface area contributed by atoms with Gasteiger partial charge >= 0.3 is 5.97 Å². The van der Waals surface area contributed by atoms with Crippen molar-refractivity contribution in [3.8, 4) is 0 Å². The lowest BCUT2D eigenvalue weighted by Crippen LogP contribution is -2.28. The maximum Gasteiger partial charge on any atom is 0.338 e. The van der Waals surface area contributed by atoms with E-state index in [0.717, 1.165) is 11.6 Å². The van der Waals surface area contributed by atoms with Gasteiger partial charge in [-0.1, -0.05) is 34.3 Å². The number of nitrogens with one attached hydrogen (secondary N) is 1. The topological polar surface area (TPSA) is 102 Å². The molecule has 0 atom stereocenters. The van der Waals surface area contributed by atoms with Gasteiger partial charge in [0.05, 0.1) is 17.6 Å². The smallest absolute Gasteiger partial charge is 0.338 e. The lowest BCUT2D eigenvalue weighted by molar-refractivity contribution is -0.124. The minimum absolute atomic E-state index is 0.00363. The van der Waals surface area contributed by atoms with Gasteiger partial charge in [-0.25, -0.2) is 13.2 Å². The largest absolute Gasteiger partial charge is 0.452 e. The number of carbonyl (C=O) groups excluding carboxylic acids is 2. The third kappa shape index (κ3) is 5.77. The van der Waals surface area contributed by atoms with Gasteiger partial charge in [-0.3, -0.25) is 9.63 Å². The van der Waals surface area contributed by atoms with Crippen molar-refractivity contribution in [1.29, 1.82) is 0 Å². The first-order valence-corrected chi connectivity index (χ1v) is 9.87. The minimum atomic E-state index is -3.90. The van der Waals surface area contributed by atoms with Crippen LogP contribution in [0.5, 0.6) is 0 Å². The van der Waals surface area contributed by atoms with E-state index in [1.807, 2.05) is 0 Å². The number of esters is 1. The Labute approximate surface area is 168 Å². The Kier molecular flexibility index (Phi) is 7.53. The fraction of sp³-hybridized carbons (Fsp3) is 0.222. The first kappa shape index (κ1) is 21.8. The second kappa shape index (κ2) is 9.65. The highest BCUT2D eigenvalue weighted by atomic mass is 35.5. The molecule has 28 heavy (non-hydrogen) atoms. The van der Waals surface area contributed by atoms with Crippen LogP contribution in [0.3, 0.4) is 0 Å². The Morgan fingerprint density at radius 1 is 1.14 bits per heavy atom. The summed E-state index contributed by atoms with van der Waals surface area (Å²) in [6, 6.07) is 12.2. The molecule has 8 nitrogen and oxygen atoms in total. The summed E-state index contributed by atoms with van der Waals surface area (Å²) in [4.78, 5) is 28.5. The van der Waals surface area contributed by atoms with Crippen molar-refractivity contribution >= 4 is 33.5 Å². The number of hydroxylamine groups is 1. The average molecular weight is 427 g/mol. The van der Waals surface area contributed by atoms with Crippen LogP contribution in [0.4, 0.5) is 0 Å². The molecule has 150 valence electrons. The van der Waals surface area contributed by atoms with Crippen molar-refractivity contribution in [3.05, 3.63) is 64.7 Å². The van der Waals surface area contributed by atoms with Crippen LogP contribution in [0.25, 0.3) is 0 Å². The van der Waals surface area contributed by atoms with Gasteiger partial charge in [0.1, 0.15) is 0 Å². The van der Waals surface area contributed by atoms with Gasteiger partial charge in [0, 0.05) is 18.6 Å². The molecule has 0 fully saturated rings. The molecule has 0 heterocycles. The first-order chi connectivity index (χ1) is 13.2. The Hall–Kier alpha value is -2.46. The van der Waals surface area contributed by atoms with E-state index in [2.05, 4.69) is 10.2 Å². The Morgan fingerprint density at radius 3 is 2.46 bits per heavy atom. The molecule has 0 unspecified atom stereocenters. The molecule has 0 spiro atoms. The summed E-state index contributed by atoms with van der Waals surface area (Å²) in [5.41, 5.74) is 0.834. The third-order valence-corrected chi connectivity index (χ3v) is 5.63. The number of halogens is 1. The quantitative estimate of drug-likeness (QED) is 0.511. The third-order valence-electron chi connectivity index (χ3n) is 3.70. The van der Waals surface area contributed by atoms with Crippen molar-refractivity contribution in [2.75, 3.05) is 20.8 Å². The lowest BCUT2D eigenvalue weighted by atomic mass is 10.2. The first-order valence-electron chi connectivity index (χ1n) is 8.05. The van der Waals surface area contributed by atoms with Gasteiger partial charge < -0.3 is 10.1 Å². The maximum atomic E-state index is 12.2. The number of rotatable bonds is 8. The van der Waals surface area contributed by atoms with Gasteiger partial charge in [0.2, 0.25) is 0 Å². The summed E-state index contributed by atoms with van der Waals surface area (Å²) in [5.74, 6) is -1.31. The molecule has 0 saturated heterocycles. The molecule has 1 amide bonds. The molecule has 0 saturated carbocycles. The summed E-state index contributed by atoms with van der Waals surface area (Å²) in [6.45, 7) is -0.244. The van der Waals surface area contributed by atoms with E-state index < -0.39 is 28.5 Å². The van der Waals surface area contributed by atoms with Crippen LogP contribution in [0.1, 0.15) is 15.9 Å². The van der Waals surface area contributed by atoms with E-state index in [4.69, 9.17) is 16.3 Å². The number of hydrogen-bond acceptors (Lipinski definition) is 6. The van der Waals surface area contributed by atoms with Gasteiger partial charge in [-0.2, -0.15) is 0 Å². The fourth-order valence-corrected chi connectivity index (χ4v) is 3.24. The molecule has 2 aromatic rings. The van der Waals surface area contributed by atoms with Crippen LogP contribution in [0.2, 0.25) is 5.02 Å². The van der Waals surface area contributed by atoms with E-state index in [-0.39, 0.29) is 17.0 Å². The molecular formula is C18H19ClN2O6S. The zero-order valence-electron chi connectivity index (χ0n) is 15.2. The molecule has 1 N–H and O–H groups in total. The van der Waals surface area contributed by atoms with Crippen LogP contribution in [-0.4, -0.2) is 45.5 Å². The molecule has 0 aliphatic carbocycles. The van der Waals surface area contributed by atoms with Gasteiger partial charge in [0.15, 0.2) is 6.61 Å². The monoisotopic (exact) mass is 426 g/mol. The second-order valence-corrected chi connectivity index (χ2v) is 7.98. The van der Waals surface area contributed by atoms with Crippen LogP contribution in [-0.2, 0) is 30.9 Å². The van der Waals surface area contributed by atoms with Crippen molar-refractivity contribution in [3.63, 3.8) is 0 Å². The normalized spacial score (nSPS) is 11.3. The lowest BCUT2D eigenvalue weighted by Gasteiger charge is -2.14. The van der Waals surface area contributed by atoms with Crippen LogP contribution >= 0.6 is 11.6 Å². The molecular weight excluding hydrogens is 408 g/mol. The van der Waals surface area contributed by atoms with Crippen molar-refractivity contribution in [2.24, 2.45) is 0 Å². The molecule has 0 bridgehead atoms. The van der Waals surface area contributed by atoms with E-state index in [9.17, 15) is 18.0 Å².